The van der Waals surface area contributed by atoms with E-state index in [1.807, 2.05) is 0 Å². The fraction of sp³-hybridized carbons (Fsp3) is 0.111. The van der Waals surface area contributed by atoms with E-state index in [-0.39, 0.29) is 11.4 Å². The molecule has 0 atom stereocenters. The minimum Gasteiger partial charge on any atom is -0.300 e. The van der Waals surface area contributed by atoms with Crippen molar-refractivity contribution in [3.05, 3.63) is 29.8 Å². The van der Waals surface area contributed by atoms with Crippen LogP contribution in [0.2, 0.25) is 0 Å². The van der Waals surface area contributed by atoms with E-state index in [0.717, 1.165) is 16.7 Å². The summed E-state index contributed by atoms with van der Waals surface area (Å²) in [6.07, 6.45) is 0. The topological polar surface area (TPSA) is 90.9 Å². The van der Waals surface area contributed by atoms with E-state index in [2.05, 4.69) is 10.2 Å². The normalized spacial score (nSPS) is 11.8. The highest BCUT2D eigenvalue weighted by molar-refractivity contribution is 7.89. The van der Waals surface area contributed by atoms with E-state index in [4.69, 9.17) is 5.14 Å². The lowest BCUT2D eigenvalue weighted by molar-refractivity contribution is 0.577. The van der Waals surface area contributed by atoms with Gasteiger partial charge < -0.3 is 0 Å². The maximum atomic E-state index is 13.5. The quantitative estimate of drug-likeness (QED) is 0.858. The highest BCUT2D eigenvalue weighted by atomic mass is 32.2. The van der Waals surface area contributed by atoms with E-state index >= 15 is 0 Å². The standard InChI is InChI=1S/C9H8F2N4O2S/c1-15-8(13-14-9(15)18(12,16)17)6-3-2-5(10)4-7(6)11/h2-4H,1H3,(H2,12,16,17). The molecule has 0 aliphatic rings. The lowest BCUT2D eigenvalue weighted by atomic mass is 10.2. The maximum absolute atomic E-state index is 13.5. The molecule has 6 nitrogen and oxygen atoms in total. The summed E-state index contributed by atoms with van der Waals surface area (Å²) in [5.41, 5.74) is -0.0682. The number of rotatable bonds is 2. The molecule has 0 amide bonds. The molecule has 0 fully saturated rings. The first-order valence-corrected chi connectivity index (χ1v) is 6.23. The van der Waals surface area contributed by atoms with Gasteiger partial charge in [0.2, 0.25) is 0 Å². The van der Waals surface area contributed by atoms with Crippen LogP contribution in [0.4, 0.5) is 8.78 Å². The van der Waals surface area contributed by atoms with Crippen LogP contribution in [0.25, 0.3) is 11.4 Å². The Morgan fingerprint density at radius 2 is 1.94 bits per heavy atom. The van der Waals surface area contributed by atoms with Crippen LogP contribution in [0.1, 0.15) is 0 Å². The van der Waals surface area contributed by atoms with Gasteiger partial charge in [-0.25, -0.2) is 22.3 Å². The molecule has 0 spiro atoms. The number of hydrogen-bond acceptors (Lipinski definition) is 4. The summed E-state index contributed by atoms with van der Waals surface area (Å²) in [7, 11) is -2.73. The van der Waals surface area contributed by atoms with Crippen LogP contribution in [0.15, 0.2) is 23.4 Å². The SMILES string of the molecule is Cn1c(-c2ccc(F)cc2F)nnc1S(N)(=O)=O. The Labute approximate surface area is 101 Å². The molecule has 96 valence electrons. The summed E-state index contributed by atoms with van der Waals surface area (Å²) < 4.78 is 49.6. The lowest BCUT2D eigenvalue weighted by Crippen LogP contribution is -2.17. The summed E-state index contributed by atoms with van der Waals surface area (Å²) in [5.74, 6) is -1.67. The van der Waals surface area contributed by atoms with E-state index in [0.29, 0.717) is 6.07 Å². The van der Waals surface area contributed by atoms with Gasteiger partial charge in [-0.1, -0.05) is 0 Å². The van der Waals surface area contributed by atoms with Gasteiger partial charge in [0.1, 0.15) is 11.6 Å². The Hall–Kier alpha value is -1.87. The van der Waals surface area contributed by atoms with Crippen LogP contribution in [-0.4, -0.2) is 23.2 Å². The number of benzene rings is 1. The number of primary sulfonamides is 1. The predicted octanol–water partition coefficient (Wildman–Crippen LogP) is 0.408. The zero-order valence-electron chi connectivity index (χ0n) is 9.13. The van der Waals surface area contributed by atoms with E-state index in [1.54, 1.807) is 0 Å². The summed E-state index contributed by atoms with van der Waals surface area (Å²) >= 11 is 0. The number of hydrogen-bond donors (Lipinski definition) is 1. The monoisotopic (exact) mass is 274 g/mol. The fourth-order valence-electron chi connectivity index (χ4n) is 1.47. The van der Waals surface area contributed by atoms with Crippen molar-refractivity contribution in [1.29, 1.82) is 0 Å². The number of aromatic nitrogens is 3. The van der Waals surface area contributed by atoms with Crippen molar-refractivity contribution in [2.45, 2.75) is 5.16 Å². The molecule has 0 bridgehead atoms. The van der Waals surface area contributed by atoms with Gasteiger partial charge in [0.25, 0.3) is 15.2 Å². The van der Waals surface area contributed by atoms with Crippen molar-refractivity contribution in [3.8, 4) is 11.4 Å². The van der Waals surface area contributed by atoms with Crippen molar-refractivity contribution in [1.82, 2.24) is 14.8 Å². The minimum atomic E-state index is -4.05. The molecule has 0 saturated heterocycles. The largest absolute Gasteiger partial charge is 0.300 e. The highest BCUT2D eigenvalue weighted by Gasteiger charge is 2.21. The molecule has 2 N–H and O–H groups in total. The van der Waals surface area contributed by atoms with Crippen LogP contribution < -0.4 is 5.14 Å². The maximum Gasteiger partial charge on any atom is 0.273 e. The molecule has 18 heavy (non-hydrogen) atoms. The smallest absolute Gasteiger partial charge is 0.273 e. The third-order valence-electron chi connectivity index (χ3n) is 2.26. The van der Waals surface area contributed by atoms with Gasteiger partial charge in [0, 0.05) is 13.1 Å². The summed E-state index contributed by atoms with van der Waals surface area (Å²) in [6.45, 7) is 0. The van der Waals surface area contributed by atoms with E-state index < -0.39 is 26.8 Å². The first kappa shape index (κ1) is 12.6. The second-order valence-corrected chi connectivity index (χ2v) is 4.99. The first-order chi connectivity index (χ1) is 8.30. The van der Waals surface area contributed by atoms with Crippen molar-refractivity contribution >= 4 is 10.0 Å². The summed E-state index contributed by atoms with van der Waals surface area (Å²) in [5, 5.41) is 11.3. The molecular formula is C9H8F2N4O2S. The molecule has 1 aromatic carbocycles. The zero-order valence-corrected chi connectivity index (χ0v) is 9.95. The highest BCUT2D eigenvalue weighted by Crippen LogP contribution is 2.22. The third kappa shape index (κ3) is 2.09. The molecule has 9 heteroatoms. The molecule has 0 unspecified atom stereocenters. The van der Waals surface area contributed by atoms with Gasteiger partial charge in [-0.3, -0.25) is 4.57 Å². The second kappa shape index (κ2) is 4.10. The molecule has 0 aliphatic carbocycles. The Morgan fingerprint density at radius 1 is 1.28 bits per heavy atom. The molecule has 1 aromatic heterocycles. The first-order valence-electron chi connectivity index (χ1n) is 4.68. The number of sulfonamides is 1. The van der Waals surface area contributed by atoms with E-state index in [1.165, 1.54) is 7.05 Å². The molecule has 2 rings (SSSR count). The van der Waals surface area contributed by atoms with E-state index in [9.17, 15) is 17.2 Å². The van der Waals surface area contributed by atoms with Gasteiger partial charge in [0.15, 0.2) is 5.82 Å². The van der Waals surface area contributed by atoms with Crippen LogP contribution >= 0.6 is 0 Å². The Kier molecular flexibility index (Phi) is 2.87. The third-order valence-corrected chi connectivity index (χ3v) is 3.13. The fourth-order valence-corrected chi connectivity index (χ4v) is 2.09. The van der Waals surface area contributed by atoms with Gasteiger partial charge in [0.05, 0.1) is 5.56 Å². The van der Waals surface area contributed by atoms with Crippen LogP contribution in [0.5, 0.6) is 0 Å². The predicted molar refractivity (Wildman–Crippen MR) is 57.7 cm³/mol. The number of nitrogens with two attached hydrogens (primary N) is 1. The average molecular weight is 274 g/mol. The molecule has 0 aliphatic heterocycles. The van der Waals surface area contributed by atoms with Crippen LogP contribution in [0.3, 0.4) is 0 Å². The van der Waals surface area contributed by atoms with Crippen molar-refractivity contribution in [2.75, 3.05) is 0 Å². The van der Waals surface area contributed by atoms with Gasteiger partial charge >= 0.3 is 0 Å². The summed E-state index contributed by atoms with van der Waals surface area (Å²) in [4.78, 5) is 0. The molecule has 1 heterocycles. The van der Waals surface area contributed by atoms with Gasteiger partial charge in [-0.15, -0.1) is 10.2 Å². The summed E-state index contributed by atoms with van der Waals surface area (Å²) in [6, 6.07) is 2.84. The minimum absolute atomic E-state index is 0.0588. The number of halogens is 2. The van der Waals surface area contributed by atoms with Crippen molar-refractivity contribution in [2.24, 2.45) is 12.2 Å². The second-order valence-electron chi connectivity index (χ2n) is 3.53. The Morgan fingerprint density at radius 3 is 2.44 bits per heavy atom. The lowest BCUT2D eigenvalue weighted by Gasteiger charge is -2.03. The molecule has 2 aromatic rings. The average Bonchev–Trinajstić information content (AvgIpc) is 2.60. The Bertz CT molecular complexity index is 711. The van der Waals surface area contributed by atoms with Gasteiger partial charge in [-0.05, 0) is 12.1 Å². The van der Waals surface area contributed by atoms with Crippen molar-refractivity contribution in [3.63, 3.8) is 0 Å². The van der Waals surface area contributed by atoms with Crippen LogP contribution in [0, 0.1) is 11.6 Å². The molecule has 0 saturated carbocycles. The van der Waals surface area contributed by atoms with Crippen molar-refractivity contribution < 1.29 is 17.2 Å². The van der Waals surface area contributed by atoms with Gasteiger partial charge in [-0.2, -0.15) is 0 Å². The van der Waals surface area contributed by atoms with Crippen LogP contribution in [-0.2, 0) is 17.1 Å². The zero-order chi connectivity index (χ0) is 13.5. The molecular weight excluding hydrogens is 266 g/mol. The number of nitrogens with zero attached hydrogens (tertiary/aromatic N) is 3. The molecule has 0 radical (unpaired) electrons. The Balaban J connectivity index is 2.63.